The molecule has 0 aliphatic carbocycles. The molecule has 0 radical (unpaired) electrons. The Balaban J connectivity index is 1.92. The zero-order chi connectivity index (χ0) is 15.2. The Morgan fingerprint density at radius 3 is 2.71 bits per heavy atom. The highest BCUT2D eigenvalue weighted by molar-refractivity contribution is 5.43. The molecule has 1 heterocycles. The monoisotopic (exact) mass is 293 g/mol. The van der Waals surface area contributed by atoms with Crippen molar-refractivity contribution in [2.24, 2.45) is 5.92 Å². The summed E-state index contributed by atoms with van der Waals surface area (Å²) in [6, 6.07) is 5.62. The van der Waals surface area contributed by atoms with Gasteiger partial charge in [-0.15, -0.1) is 0 Å². The summed E-state index contributed by atoms with van der Waals surface area (Å²) < 4.78 is 10.5. The fraction of sp³-hybridized carbons (Fsp3) is 0.647. The average Bonchev–Trinajstić information content (AvgIpc) is 2.52. The molecule has 1 fully saturated rings. The Labute approximate surface area is 127 Å². The topological polar surface area (TPSA) is 41.9 Å². The summed E-state index contributed by atoms with van der Waals surface area (Å²) in [5, 5.41) is 10.4. The van der Waals surface area contributed by atoms with Crippen molar-refractivity contribution in [3.05, 3.63) is 23.8 Å². The lowest BCUT2D eigenvalue weighted by molar-refractivity contribution is 0.121. The van der Waals surface area contributed by atoms with Crippen molar-refractivity contribution in [3.63, 3.8) is 0 Å². The Hall–Kier alpha value is -1.26. The summed E-state index contributed by atoms with van der Waals surface area (Å²) in [6.45, 7) is 5.55. The lowest BCUT2D eigenvalue weighted by Gasteiger charge is -2.31. The van der Waals surface area contributed by atoms with Crippen molar-refractivity contribution in [1.82, 2.24) is 4.90 Å². The summed E-state index contributed by atoms with van der Waals surface area (Å²) >= 11 is 0. The lowest BCUT2D eigenvalue weighted by Crippen LogP contribution is -2.35. The van der Waals surface area contributed by atoms with Gasteiger partial charge in [-0.25, -0.2) is 0 Å². The standard InChI is InChI=1S/C17H27NO3/c1-13-5-4-9-18(12-13)10-8-15(19)14-6-7-16(20-2)17(11-14)21-3/h6-7,11,13,15,19H,4-5,8-10,12H2,1-3H3. The Morgan fingerprint density at radius 2 is 2.05 bits per heavy atom. The number of likely N-dealkylation sites (tertiary alicyclic amines) is 1. The second-order valence-electron chi connectivity index (χ2n) is 5.97. The minimum absolute atomic E-state index is 0.456. The van der Waals surface area contributed by atoms with Crippen LogP contribution in [-0.4, -0.2) is 43.9 Å². The Bertz CT molecular complexity index is 450. The lowest BCUT2D eigenvalue weighted by atomic mass is 9.99. The van der Waals surface area contributed by atoms with Gasteiger partial charge in [0.1, 0.15) is 0 Å². The van der Waals surface area contributed by atoms with Crippen LogP contribution in [0.25, 0.3) is 0 Å². The third kappa shape index (κ3) is 4.35. The number of hydrogen-bond donors (Lipinski definition) is 1. The van der Waals surface area contributed by atoms with Crippen molar-refractivity contribution >= 4 is 0 Å². The van der Waals surface area contributed by atoms with Crippen molar-refractivity contribution in [2.45, 2.75) is 32.3 Å². The van der Waals surface area contributed by atoms with Crippen LogP contribution >= 0.6 is 0 Å². The summed E-state index contributed by atoms with van der Waals surface area (Å²) in [7, 11) is 3.23. The van der Waals surface area contributed by atoms with Crippen LogP contribution in [0.4, 0.5) is 0 Å². The minimum Gasteiger partial charge on any atom is -0.493 e. The van der Waals surface area contributed by atoms with Gasteiger partial charge < -0.3 is 19.5 Å². The van der Waals surface area contributed by atoms with Gasteiger partial charge in [-0.2, -0.15) is 0 Å². The number of methoxy groups -OCH3 is 2. The highest BCUT2D eigenvalue weighted by atomic mass is 16.5. The fourth-order valence-corrected chi connectivity index (χ4v) is 3.02. The molecule has 1 aliphatic rings. The number of rotatable bonds is 6. The molecule has 4 heteroatoms. The summed E-state index contributed by atoms with van der Waals surface area (Å²) in [4.78, 5) is 2.46. The van der Waals surface area contributed by atoms with E-state index >= 15 is 0 Å². The third-order valence-corrected chi connectivity index (χ3v) is 4.25. The molecular formula is C17H27NO3. The molecule has 2 atom stereocenters. The van der Waals surface area contributed by atoms with E-state index in [1.807, 2.05) is 18.2 Å². The third-order valence-electron chi connectivity index (χ3n) is 4.25. The van der Waals surface area contributed by atoms with Gasteiger partial charge in [0.05, 0.1) is 20.3 Å². The number of aliphatic hydroxyl groups excluding tert-OH is 1. The molecule has 0 aromatic heterocycles. The molecule has 2 unspecified atom stereocenters. The summed E-state index contributed by atoms with van der Waals surface area (Å²) in [6.07, 6.45) is 2.90. The van der Waals surface area contributed by atoms with Crippen molar-refractivity contribution < 1.29 is 14.6 Å². The highest BCUT2D eigenvalue weighted by Gasteiger charge is 2.18. The van der Waals surface area contributed by atoms with Gasteiger partial charge in [-0.1, -0.05) is 13.0 Å². The van der Waals surface area contributed by atoms with Gasteiger partial charge in [-0.05, 0) is 49.4 Å². The molecule has 1 saturated heterocycles. The number of ether oxygens (including phenoxy) is 2. The van der Waals surface area contributed by atoms with Gasteiger partial charge in [0.15, 0.2) is 11.5 Å². The predicted molar refractivity (Wildman–Crippen MR) is 84.0 cm³/mol. The Morgan fingerprint density at radius 1 is 1.29 bits per heavy atom. The van der Waals surface area contributed by atoms with Crippen LogP contribution in [0, 0.1) is 5.92 Å². The molecule has 21 heavy (non-hydrogen) atoms. The zero-order valence-corrected chi connectivity index (χ0v) is 13.3. The first-order valence-corrected chi connectivity index (χ1v) is 7.76. The first kappa shape index (κ1) is 16.1. The molecule has 118 valence electrons. The molecule has 1 N–H and O–H groups in total. The van der Waals surface area contributed by atoms with Gasteiger partial charge >= 0.3 is 0 Å². The maximum atomic E-state index is 10.4. The van der Waals surface area contributed by atoms with Crippen molar-refractivity contribution in [3.8, 4) is 11.5 Å². The number of benzene rings is 1. The van der Waals surface area contributed by atoms with Crippen LogP contribution in [-0.2, 0) is 0 Å². The number of hydrogen-bond acceptors (Lipinski definition) is 4. The van der Waals surface area contributed by atoms with Crippen LogP contribution in [0.2, 0.25) is 0 Å². The van der Waals surface area contributed by atoms with E-state index in [4.69, 9.17) is 9.47 Å². The molecule has 1 aromatic rings. The van der Waals surface area contributed by atoms with Gasteiger partial charge in [0.25, 0.3) is 0 Å². The molecule has 4 nitrogen and oxygen atoms in total. The molecule has 1 aliphatic heterocycles. The van der Waals surface area contributed by atoms with Crippen molar-refractivity contribution in [2.75, 3.05) is 33.9 Å². The zero-order valence-electron chi connectivity index (χ0n) is 13.3. The fourth-order valence-electron chi connectivity index (χ4n) is 3.02. The summed E-state index contributed by atoms with van der Waals surface area (Å²) in [5.41, 5.74) is 0.887. The minimum atomic E-state index is -0.456. The van der Waals surface area contributed by atoms with E-state index in [2.05, 4.69) is 11.8 Å². The highest BCUT2D eigenvalue weighted by Crippen LogP contribution is 2.31. The first-order chi connectivity index (χ1) is 10.1. The van der Waals surface area contributed by atoms with Gasteiger partial charge in [0, 0.05) is 13.1 Å². The van der Waals surface area contributed by atoms with Crippen LogP contribution in [0.5, 0.6) is 11.5 Å². The van der Waals surface area contributed by atoms with E-state index in [0.717, 1.165) is 37.5 Å². The van der Waals surface area contributed by atoms with E-state index in [-0.39, 0.29) is 0 Å². The SMILES string of the molecule is COc1ccc(C(O)CCN2CCCC(C)C2)cc1OC. The predicted octanol–water partition coefficient (Wildman–Crippen LogP) is 2.86. The molecule has 0 bridgehead atoms. The van der Waals surface area contributed by atoms with Gasteiger partial charge in [0.2, 0.25) is 0 Å². The van der Waals surface area contributed by atoms with Crippen LogP contribution in [0.3, 0.4) is 0 Å². The smallest absolute Gasteiger partial charge is 0.161 e. The molecular weight excluding hydrogens is 266 g/mol. The van der Waals surface area contributed by atoms with Crippen LogP contribution < -0.4 is 9.47 Å². The maximum absolute atomic E-state index is 10.4. The number of piperidine rings is 1. The Kier molecular flexibility index (Phi) is 5.88. The first-order valence-electron chi connectivity index (χ1n) is 7.76. The van der Waals surface area contributed by atoms with E-state index in [0.29, 0.717) is 11.5 Å². The number of aliphatic hydroxyl groups is 1. The van der Waals surface area contributed by atoms with Gasteiger partial charge in [-0.3, -0.25) is 0 Å². The molecule has 0 spiro atoms. The second-order valence-corrected chi connectivity index (χ2v) is 5.97. The molecule has 1 aromatic carbocycles. The van der Waals surface area contributed by atoms with E-state index in [1.165, 1.54) is 12.8 Å². The molecule has 0 saturated carbocycles. The summed E-state index contributed by atoms with van der Waals surface area (Å²) in [5.74, 6) is 2.14. The van der Waals surface area contributed by atoms with E-state index in [1.54, 1.807) is 14.2 Å². The normalized spacial score (nSPS) is 21.0. The van der Waals surface area contributed by atoms with E-state index < -0.39 is 6.10 Å². The molecule has 2 rings (SSSR count). The van der Waals surface area contributed by atoms with Crippen LogP contribution in [0.1, 0.15) is 37.9 Å². The molecule has 0 amide bonds. The largest absolute Gasteiger partial charge is 0.493 e. The van der Waals surface area contributed by atoms with Crippen LogP contribution in [0.15, 0.2) is 18.2 Å². The maximum Gasteiger partial charge on any atom is 0.161 e. The van der Waals surface area contributed by atoms with Crippen molar-refractivity contribution in [1.29, 1.82) is 0 Å². The average molecular weight is 293 g/mol. The van der Waals surface area contributed by atoms with E-state index in [9.17, 15) is 5.11 Å². The number of nitrogens with zero attached hydrogens (tertiary/aromatic N) is 1. The second kappa shape index (κ2) is 7.66. The quantitative estimate of drug-likeness (QED) is 0.876.